The van der Waals surface area contributed by atoms with Gasteiger partial charge in [-0.15, -0.1) is 0 Å². The molecule has 1 atom stereocenters. The van der Waals surface area contributed by atoms with Crippen LogP contribution >= 0.6 is 46.4 Å². The lowest BCUT2D eigenvalue weighted by molar-refractivity contribution is 0.0812. The molecule has 0 aromatic heterocycles. The third-order valence-electron chi connectivity index (χ3n) is 8.01. The molecule has 0 bridgehead atoms. The lowest BCUT2D eigenvalue weighted by atomic mass is 9.89. The number of amides is 3. The number of halogens is 4. The summed E-state index contributed by atoms with van der Waals surface area (Å²) in [6.07, 6.45) is 3.61. The molecule has 4 rings (SSSR count). The summed E-state index contributed by atoms with van der Waals surface area (Å²) >= 11 is 25.0. The number of urea groups is 1. The predicted octanol–water partition coefficient (Wildman–Crippen LogP) is 6.77. The monoisotopic (exact) mass is 655 g/mol. The Balaban J connectivity index is 1.48. The lowest BCUT2D eigenvalue weighted by Crippen LogP contribution is -2.54. The molecule has 0 spiro atoms. The molecule has 0 saturated carbocycles. The van der Waals surface area contributed by atoms with Gasteiger partial charge in [0.2, 0.25) is 0 Å². The average Bonchev–Trinajstić information content (AvgIpc) is 2.96. The molecule has 0 N–H and O–H groups in total. The molecule has 42 heavy (non-hydrogen) atoms. The number of hydrogen-bond acceptors (Lipinski definition) is 5. The Morgan fingerprint density at radius 3 is 2.36 bits per heavy atom. The van der Waals surface area contributed by atoms with Crippen molar-refractivity contribution < 1.29 is 14.4 Å². The maximum atomic E-state index is 13.3. The van der Waals surface area contributed by atoms with Crippen molar-refractivity contribution in [3.05, 3.63) is 67.6 Å². The Bertz CT molecular complexity index is 1280. The summed E-state index contributed by atoms with van der Waals surface area (Å²) in [6.45, 7) is 4.47. The molecule has 0 radical (unpaired) electrons. The van der Waals surface area contributed by atoms with Gasteiger partial charge in [0.25, 0.3) is 5.91 Å². The first-order valence-electron chi connectivity index (χ1n) is 14.1. The van der Waals surface area contributed by atoms with E-state index in [-0.39, 0.29) is 30.4 Å². The van der Waals surface area contributed by atoms with Crippen LogP contribution in [0.1, 0.15) is 47.5 Å². The van der Waals surface area contributed by atoms with Crippen LogP contribution in [0.25, 0.3) is 0 Å². The summed E-state index contributed by atoms with van der Waals surface area (Å²) in [5.74, 6) is -0.427. The van der Waals surface area contributed by atoms with Crippen molar-refractivity contribution in [1.82, 2.24) is 19.6 Å². The number of rotatable bonds is 10. The van der Waals surface area contributed by atoms with Gasteiger partial charge < -0.3 is 24.4 Å². The van der Waals surface area contributed by atoms with E-state index in [0.717, 1.165) is 64.0 Å². The zero-order valence-corrected chi connectivity index (χ0v) is 27.2. The Kier molecular flexibility index (Phi) is 11.7. The minimum Gasteiger partial charge on any atom is -0.399 e. The van der Waals surface area contributed by atoms with Gasteiger partial charge in [0.05, 0.1) is 22.3 Å². The molecule has 2 heterocycles. The molecule has 2 fully saturated rings. The van der Waals surface area contributed by atoms with Gasteiger partial charge in [0, 0.05) is 67.8 Å². The highest BCUT2D eigenvalue weighted by Crippen LogP contribution is 2.31. The second kappa shape index (κ2) is 15.0. The quantitative estimate of drug-likeness (QED) is 0.209. The highest BCUT2D eigenvalue weighted by molar-refractivity contribution is 6.42. The van der Waals surface area contributed by atoms with Gasteiger partial charge >= 0.3 is 6.03 Å². The van der Waals surface area contributed by atoms with Crippen molar-refractivity contribution in [3.63, 3.8) is 0 Å². The minimum absolute atomic E-state index is 0.138. The molecular formula is C30H37Cl4N5O3. The largest absolute Gasteiger partial charge is 0.399 e. The summed E-state index contributed by atoms with van der Waals surface area (Å²) in [4.78, 5) is 39.1. The summed E-state index contributed by atoms with van der Waals surface area (Å²) in [5, 5.41) is 6.08. The van der Waals surface area contributed by atoms with E-state index in [1.165, 1.54) is 7.11 Å². The highest BCUT2D eigenvalue weighted by atomic mass is 35.5. The normalized spacial score (nSPS) is 17.9. The van der Waals surface area contributed by atoms with Gasteiger partial charge in [-0.2, -0.15) is 0 Å². The maximum Gasteiger partial charge on any atom is 0.319 e. The van der Waals surface area contributed by atoms with Crippen molar-refractivity contribution in [2.75, 3.05) is 60.5 Å². The van der Waals surface area contributed by atoms with Gasteiger partial charge in [-0.25, -0.2) is 4.79 Å². The van der Waals surface area contributed by atoms with Gasteiger partial charge in [0.15, 0.2) is 0 Å². The van der Waals surface area contributed by atoms with E-state index in [1.807, 2.05) is 29.0 Å². The number of oxime groups is 1. The topological polar surface area (TPSA) is 68.7 Å². The fraction of sp³-hybridized carbons (Fsp3) is 0.500. The van der Waals surface area contributed by atoms with Crippen LogP contribution in [-0.2, 0) is 4.84 Å². The van der Waals surface area contributed by atoms with Crippen molar-refractivity contribution in [2.45, 2.75) is 37.6 Å². The Hall–Kier alpha value is -2.23. The molecular weight excluding hydrogens is 620 g/mol. The van der Waals surface area contributed by atoms with Crippen LogP contribution in [0.2, 0.25) is 20.1 Å². The standard InChI is InChI=1S/C30H37Cl4N5O3/c1-36-10-4-11-39(30(36)41)24-7-12-38(13-8-24)14-9-25(20-5-6-26(33)27(34)17-20)28(35-42-3)19-37(2)29(40)21-15-22(31)18-23(32)16-21/h5-6,15-18,24-25H,4,7-14,19H2,1-3H3/b35-28+. The Morgan fingerprint density at radius 2 is 1.71 bits per heavy atom. The SMILES string of the molecule is CO/N=C(\CN(C)C(=O)c1cc(Cl)cc(Cl)c1)C(CCN1CCC(N2CCCN(C)C2=O)CC1)c1ccc(Cl)c(Cl)c1. The summed E-state index contributed by atoms with van der Waals surface area (Å²) in [5.41, 5.74) is 2.00. The second-order valence-electron chi connectivity index (χ2n) is 10.9. The van der Waals surface area contributed by atoms with E-state index < -0.39 is 0 Å². The van der Waals surface area contributed by atoms with Crippen LogP contribution in [0.3, 0.4) is 0 Å². The first kappa shape index (κ1) is 32.7. The number of piperidine rings is 1. The molecule has 2 aromatic rings. The fourth-order valence-electron chi connectivity index (χ4n) is 5.78. The lowest BCUT2D eigenvalue weighted by Gasteiger charge is -2.42. The van der Waals surface area contributed by atoms with Crippen LogP contribution in [0.4, 0.5) is 4.79 Å². The van der Waals surface area contributed by atoms with Gasteiger partial charge in [-0.3, -0.25) is 4.79 Å². The third kappa shape index (κ3) is 8.23. The molecule has 3 amide bonds. The average molecular weight is 657 g/mol. The van der Waals surface area contributed by atoms with Crippen LogP contribution in [0.15, 0.2) is 41.6 Å². The maximum absolute atomic E-state index is 13.3. The van der Waals surface area contributed by atoms with Crippen LogP contribution in [-0.4, -0.2) is 104 Å². The van der Waals surface area contributed by atoms with E-state index in [2.05, 4.69) is 10.1 Å². The zero-order valence-electron chi connectivity index (χ0n) is 24.2. The summed E-state index contributed by atoms with van der Waals surface area (Å²) in [6, 6.07) is 10.7. The van der Waals surface area contributed by atoms with Gasteiger partial charge in [-0.1, -0.05) is 57.6 Å². The minimum atomic E-state index is -0.240. The Labute approximate surface area is 268 Å². The fourth-order valence-corrected chi connectivity index (χ4v) is 6.61. The van der Waals surface area contributed by atoms with Crippen LogP contribution < -0.4 is 0 Å². The summed E-state index contributed by atoms with van der Waals surface area (Å²) < 4.78 is 0. The Morgan fingerprint density at radius 1 is 1.02 bits per heavy atom. The number of carbonyl (C=O) groups is 2. The molecule has 8 nitrogen and oxygen atoms in total. The number of carbonyl (C=O) groups excluding carboxylic acids is 2. The zero-order chi connectivity index (χ0) is 30.4. The molecule has 2 aliphatic heterocycles. The van der Waals surface area contributed by atoms with E-state index in [0.29, 0.717) is 31.4 Å². The number of hydrogen-bond donors (Lipinski definition) is 0. The summed E-state index contributed by atoms with van der Waals surface area (Å²) in [7, 11) is 5.08. The van der Waals surface area contributed by atoms with E-state index in [4.69, 9.17) is 51.2 Å². The van der Waals surface area contributed by atoms with Crippen molar-refractivity contribution in [1.29, 1.82) is 0 Å². The highest BCUT2D eigenvalue weighted by Gasteiger charge is 2.32. The van der Waals surface area contributed by atoms with Crippen LogP contribution in [0.5, 0.6) is 0 Å². The van der Waals surface area contributed by atoms with Crippen LogP contribution in [0, 0.1) is 0 Å². The second-order valence-corrected chi connectivity index (χ2v) is 12.6. The number of likely N-dealkylation sites (tertiary alicyclic amines) is 1. The van der Waals surface area contributed by atoms with E-state index in [9.17, 15) is 9.59 Å². The van der Waals surface area contributed by atoms with Crippen molar-refractivity contribution in [3.8, 4) is 0 Å². The molecule has 0 aliphatic carbocycles. The van der Waals surface area contributed by atoms with Crippen molar-refractivity contribution in [2.24, 2.45) is 5.16 Å². The molecule has 2 aromatic carbocycles. The molecule has 12 heteroatoms. The molecule has 2 aliphatic rings. The number of nitrogens with zero attached hydrogens (tertiary/aromatic N) is 5. The van der Waals surface area contributed by atoms with Gasteiger partial charge in [0.1, 0.15) is 7.11 Å². The van der Waals surface area contributed by atoms with Gasteiger partial charge in [-0.05, 0) is 68.1 Å². The van der Waals surface area contributed by atoms with E-state index >= 15 is 0 Å². The molecule has 228 valence electrons. The predicted molar refractivity (Wildman–Crippen MR) is 170 cm³/mol. The third-order valence-corrected chi connectivity index (χ3v) is 9.18. The first-order valence-corrected chi connectivity index (χ1v) is 15.6. The van der Waals surface area contributed by atoms with E-state index in [1.54, 1.807) is 36.2 Å². The smallest absolute Gasteiger partial charge is 0.319 e. The number of benzene rings is 2. The molecule has 1 unspecified atom stereocenters. The molecule has 2 saturated heterocycles. The first-order chi connectivity index (χ1) is 20.1. The van der Waals surface area contributed by atoms with Crippen molar-refractivity contribution >= 4 is 64.1 Å².